The van der Waals surface area contributed by atoms with Crippen LogP contribution >= 0.6 is 0 Å². The summed E-state index contributed by atoms with van der Waals surface area (Å²) in [6.07, 6.45) is -0.653. The van der Waals surface area contributed by atoms with Gasteiger partial charge >= 0.3 is 17.9 Å². The van der Waals surface area contributed by atoms with Crippen molar-refractivity contribution in [2.75, 3.05) is 0 Å². The minimum Gasteiger partial charge on any atom is -0.481 e. The van der Waals surface area contributed by atoms with Crippen molar-refractivity contribution in [3.63, 3.8) is 0 Å². The largest absolute Gasteiger partial charge is 0.481 e. The van der Waals surface area contributed by atoms with Gasteiger partial charge in [0.25, 0.3) is 0 Å². The van der Waals surface area contributed by atoms with Crippen molar-refractivity contribution >= 4 is 17.9 Å². The number of carboxylic acid groups (broad SMARTS) is 2. The van der Waals surface area contributed by atoms with E-state index in [2.05, 4.69) is 6.58 Å². The van der Waals surface area contributed by atoms with E-state index in [4.69, 9.17) is 14.9 Å². The van der Waals surface area contributed by atoms with Crippen LogP contribution in [-0.4, -0.2) is 33.7 Å². The van der Waals surface area contributed by atoms with E-state index in [1.165, 1.54) is 0 Å². The van der Waals surface area contributed by atoms with Crippen LogP contribution in [0, 0.1) is 5.92 Å². The van der Waals surface area contributed by atoms with Gasteiger partial charge in [0.05, 0.1) is 12.3 Å². The fraction of sp³-hybridized carbons (Fsp3) is 0.545. The monoisotopic (exact) mass is 244 g/mol. The maximum Gasteiger partial charge on any atom is 0.331 e. The second-order valence-electron chi connectivity index (χ2n) is 4.51. The Bertz CT molecular complexity index is 349. The maximum absolute atomic E-state index is 11.6. The molecule has 0 rings (SSSR count). The van der Waals surface area contributed by atoms with E-state index in [1.54, 1.807) is 20.8 Å². The molecule has 0 spiro atoms. The molecule has 0 saturated heterocycles. The van der Waals surface area contributed by atoms with Crippen LogP contribution in [0.5, 0.6) is 0 Å². The van der Waals surface area contributed by atoms with Gasteiger partial charge in [-0.3, -0.25) is 9.59 Å². The van der Waals surface area contributed by atoms with E-state index in [9.17, 15) is 14.4 Å². The number of ether oxygens (including phenoxy) is 1. The second-order valence-corrected chi connectivity index (χ2v) is 4.51. The average Bonchev–Trinajstić information content (AvgIpc) is 2.09. The lowest BCUT2D eigenvalue weighted by atomic mass is 9.96. The number of carboxylic acids is 2. The van der Waals surface area contributed by atoms with E-state index in [-0.39, 0.29) is 0 Å². The van der Waals surface area contributed by atoms with Gasteiger partial charge in [0.1, 0.15) is 5.60 Å². The molecule has 2 N–H and O–H groups in total. The van der Waals surface area contributed by atoms with Crippen molar-refractivity contribution in [1.29, 1.82) is 0 Å². The lowest BCUT2D eigenvalue weighted by molar-refractivity contribution is -0.162. The molecular weight excluding hydrogens is 228 g/mol. The summed E-state index contributed by atoms with van der Waals surface area (Å²) in [5.74, 6) is -4.97. The molecule has 0 aliphatic carbocycles. The third-order valence-electron chi connectivity index (χ3n) is 1.77. The summed E-state index contributed by atoms with van der Waals surface area (Å²) in [7, 11) is 0. The Labute approximate surface area is 98.9 Å². The van der Waals surface area contributed by atoms with Crippen LogP contribution in [0.3, 0.4) is 0 Å². The highest BCUT2D eigenvalue weighted by Gasteiger charge is 2.32. The first-order valence-electron chi connectivity index (χ1n) is 4.91. The highest BCUT2D eigenvalue weighted by Crippen LogP contribution is 2.20. The van der Waals surface area contributed by atoms with Crippen LogP contribution in [0.15, 0.2) is 12.2 Å². The Morgan fingerprint density at radius 2 is 1.71 bits per heavy atom. The first kappa shape index (κ1) is 15.2. The number of carbonyl (C=O) groups is 3. The van der Waals surface area contributed by atoms with Gasteiger partial charge in [-0.15, -0.1) is 0 Å². The highest BCUT2D eigenvalue weighted by molar-refractivity contribution is 5.95. The van der Waals surface area contributed by atoms with E-state index in [1.807, 2.05) is 0 Å². The molecule has 17 heavy (non-hydrogen) atoms. The lowest BCUT2D eigenvalue weighted by Gasteiger charge is -2.23. The quantitative estimate of drug-likeness (QED) is 0.554. The van der Waals surface area contributed by atoms with Crippen LogP contribution in [0.1, 0.15) is 27.2 Å². The summed E-state index contributed by atoms with van der Waals surface area (Å²) in [4.78, 5) is 32.9. The van der Waals surface area contributed by atoms with Gasteiger partial charge in [-0.2, -0.15) is 0 Å². The number of esters is 1. The molecule has 96 valence electrons. The van der Waals surface area contributed by atoms with Crippen molar-refractivity contribution in [2.24, 2.45) is 5.92 Å². The van der Waals surface area contributed by atoms with Gasteiger partial charge in [-0.05, 0) is 20.8 Å². The fourth-order valence-corrected chi connectivity index (χ4v) is 1.05. The second kappa shape index (κ2) is 5.47. The maximum atomic E-state index is 11.6. The van der Waals surface area contributed by atoms with Crippen molar-refractivity contribution in [3.8, 4) is 0 Å². The predicted molar refractivity (Wildman–Crippen MR) is 58.4 cm³/mol. The summed E-state index contributed by atoms with van der Waals surface area (Å²) in [5.41, 5.74) is -1.30. The molecule has 0 fully saturated rings. The van der Waals surface area contributed by atoms with E-state index >= 15 is 0 Å². The van der Waals surface area contributed by atoms with Gasteiger partial charge in [0.15, 0.2) is 0 Å². The van der Waals surface area contributed by atoms with Crippen molar-refractivity contribution in [1.82, 2.24) is 0 Å². The smallest absolute Gasteiger partial charge is 0.331 e. The zero-order valence-corrected chi connectivity index (χ0v) is 10.0. The lowest BCUT2D eigenvalue weighted by Crippen LogP contribution is -2.32. The minimum atomic E-state index is -1.41. The fourth-order valence-electron chi connectivity index (χ4n) is 1.05. The predicted octanol–water partition coefficient (Wildman–Crippen LogP) is 1.06. The van der Waals surface area contributed by atoms with Crippen LogP contribution in [0.4, 0.5) is 0 Å². The van der Waals surface area contributed by atoms with Crippen molar-refractivity contribution < 1.29 is 29.3 Å². The molecule has 0 bridgehead atoms. The topological polar surface area (TPSA) is 101 Å². The SMILES string of the molecule is C=C(C(=O)O)C(CC(=O)O)C(=O)OC(C)(C)C. The Morgan fingerprint density at radius 1 is 1.24 bits per heavy atom. The standard InChI is InChI=1S/C11H16O6/c1-6(9(14)15)7(5-8(12)13)10(16)17-11(2,3)4/h7H,1,5H2,2-4H3,(H,12,13)(H,14,15). The molecule has 0 radical (unpaired) electrons. The summed E-state index contributed by atoms with van der Waals surface area (Å²) >= 11 is 0. The van der Waals surface area contributed by atoms with Crippen LogP contribution < -0.4 is 0 Å². The van der Waals surface area contributed by atoms with Gasteiger partial charge in [0, 0.05) is 5.57 Å². The Morgan fingerprint density at radius 3 is 2.00 bits per heavy atom. The number of hydrogen-bond acceptors (Lipinski definition) is 4. The molecule has 0 amide bonds. The van der Waals surface area contributed by atoms with Crippen molar-refractivity contribution in [3.05, 3.63) is 12.2 Å². The van der Waals surface area contributed by atoms with Gasteiger partial charge in [-0.1, -0.05) is 6.58 Å². The first-order chi connectivity index (χ1) is 7.54. The molecule has 0 aromatic heterocycles. The average molecular weight is 244 g/mol. The van der Waals surface area contributed by atoms with Gasteiger partial charge in [-0.25, -0.2) is 4.79 Å². The number of hydrogen-bond donors (Lipinski definition) is 2. The van der Waals surface area contributed by atoms with E-state index in [0.717, 1.165) is 0 Å². The third-order valence-corrected chi connectivity index (χ3v) is 1.77. The molecule has 1 atom stereocenters. The summed E-state index contributed by atoms with van der Waals surface area (Å²) < 4.78 is 4.95. The number of aliphatic carboxylic acids is 2. The summed E-state index contributed by atoms with van der Waals surface area (Å²) in [6.45, 7) is 8.01. The number of carbonyl (C=O) groups excluding carboxylic acids is 1. The minimum absolute atomic E-state index is 0.485. The Kier molecular flexibility index (Phi) is 4.87. The molecule has 0 aromatic rings. The number of rotatable bonds is 5. The summed E-state index contributed by atoms with van der Waals surface area (Å²) in [5, 5.41) is 17.3. The molecule has 0 saturated carbocycles. The van der Waals surface area contributed by atoms with Crippen LogP contribution in [-0.2, 0) is 19.1 Å². The first-order valence-corrected chi connectivity index (χ1v) is 4.91. The van der Waals surface area contributed by atoms with Crippen LogP contribution in [0.25, 0.3) is 0 Å². The van der Waals surface area contributed by atoms with E-state index in [0.29, 0.717) is 0 Å². The molecule has 0 aliphatic rings. The molecule has 0 heterocycles. The Hall–Kier alpha value is -1.85. The highest BCUT2D eigenvalue weighted by atomic mass is 16.6. The zero-order valence-electron chi connectivity index (χ0n) is 10.0. The Balaban J connectivity index is 4.93. The van der Waals surface area contributed by atoms with Crippen molar-refractivity contribution in [2.45, 2.75) is 32.8 Å². The van der Waals surface area contributed by atoms with Gasteiger partial charge in [0.2, 0.25) is 0 Å². The molecule has 0 aliphatic heterocycles. The van der Waals surface area contributed by atoms with E-state index < -0.39 is 41.4 Å². The normalized spacial score (nSPS) is 12.6. The molecular formula is C11H16O6. The molecule has 0 aromatic carbocycles. The molecule has 1 unspecified atom stereocenters. The third kappa shape index (κ3) is 5.70. The van der Waals surface area contributed by atoms with Crippen LogP contribution in [0.2, 0.25) is 0 Å². The van der Waals surface area contributed by atoms with Gasteiger partial charge < -0.3 is 14.9 Å². The molecule has 6 nitrogen and oxygen atoms in total. The molecule has 6 heteroatoms. The zero-order chi connectivity index (χ0) is 13.8. The summed E-state index contributed by atoms with van der Waals surface area (Å²) in [6, 6.07) is 0.